The number of anilines is 2. The first-order chi connectivity index (χ1) is 13.1. The molecule has 0 unspecified atom stereocenters. The quantitative estimate of drug-likeness (QED) is 0.691. The van der Waals surface area contributed by atoms with Crippen molar-refractivity contribution in [3.05, 3.63) is 64.8 Å². The highest BCUT2D eigenvalue weighted by Crippen LogP contribution is 2.31. The largest absolute Gasteiger partial charge is 0.399 e. The van der Waals surface area contributed by atoms with Gasteiger partial charge in [0.15, 0.2) is 0 Å². The fourth-order valence-corrected chi connectivity index (χ4v) is 4.00. The Kier molecular flexibility index (Phi) is 5.19. The topological polar surface area (TPSA) is 45.4 Å². The molecule has 0 amide bonds. The third-order valence-corrected chi connectivity index (χ3v) is 5.49. The van der Waals surface area contributed by atoms with Crippen molar-refractivity contribution >= 4 is 33.9 Å². The Balaban J connectivity index is 1.43. The van der Waals surface area contributed by atoms with Gasteiger partial charge in [-0.25, -0.2) is 0 Å². The van der Waals surface area contributed by atoms with Crippen LogP contribution in [0.15, 0.2) is 48.5 Å². The van der Waals surface area contributed by atoms with Crippen molar-refractivity contribution in [3.63, 3.8) is 0 Å². The lowest BCUT2D eigenvalue weighted by Crippen LogP contribution is -2.47. The summed E-state index contributed by atoms with van der Waals surface area (Å²) in [4.78, 5) is 9.60. The van der Waals surface area contributed by atoms with E-state index >= 15 is 0 Å². The summed E-state index contributed by atoms with van der Waals surface area (Å²) in [5, 5.41) is 1.93. The minimum Gasteiger partial charge on any atom is -0.399 e. The number of hydrogen-bond acceptors (Lipinski definition) is 4. The van der Waals surface area contributed by atoms with E-state index in [1.807, 2.05) is 25.1 Å². The van der Waals surface area contributed by atoms with E-state index in [0.717, 1.165) is 61.1 Å². The first-order valence-corrected chi connectivity index (χ1v) is 9.85. The third-order valence-electron chi connectivity index (χ3n) is 5.27. The van der Waals surface area contributed by atoms with Gasteiger partial charge in [0.1, 0.15) is 0 Å². The first-order valence-electron chi connectivity index (χ1n) is 9.47. The molecular formula is C22H25ClN4. The van der Waals surface area contributed by atoms with Gasteiger partial charge in [0, 0.05) is 60.2 Å². The number of rotatable bonds is 4. The number of nitrogen functional groups attached to an aromatic ring is 1. The molecule has 1 aromatic heterocycles. The minimum atomic E-state index is 0.750. The highest BCUT2D eigenvalue weighted by molar-refractivity contribution is 6.31. The van der Waals surface area contributed by atoms with E-state index in [0.29, 0.717) is 0 Å². The Morgan fingerprint density at radius 1 is 1.04 bits per heavy atom. The van der Waals surface area contributed by atoms with E-state index in [2.05, 4.69) is 45.1 Å². The molecular weight excluding hydrogens is 356 g/mol. The Morgan fingerprint density at radius 3 is 2.63 bits per heavy atom. The van der Waals surface area contributed by atoms with E-state index in [1.54, 1.807) is 0 Å². The van der Waals surface area contributed by atoms with Crippen LogP contribution < -0.4 is 10.6 Å². The normalized spacial score (nSPS) is 15.4. The Bertz CT molecular complexity index is 943. The van der Waals surface area contributed by atoms with E-state index in [-0.39, 0.29) is 0 Å². The molecule has 0 radical (unpaired) electrons. The molecule has 4 rings (SSSR count). The molecule has 2 N–H and O–H groups in total. The van der Waals surface area contributed by atoms with Gasteiger partial charge in [0.05, 0.1) is 5.52 Å². The maximum atomic E-state index is 6.37. The molecule has 3 aromatic rings. The number of hydrogen-bond donors (Lipinski definition) is 1. The number of nitrogens with two attached hydrogens (primary N) is 1. The van der Waals surface area contributed by atoms with Crippen LogP contribution in [0.5, 0.6) is 0 Å². The Morgan fingerprint density at radius 2 is 1.85 bits per heavy atom. The summed E-state index contributed by atoms with van der Waals surface area (Å²) in [6, 6.07) is 16.5. The van der Waals surface area contributed by atoms with Crippen LogP contribution in [0.25, 0.3) is 10.9 Å². The number of aromatic nitrogens is 1. The summed E-state index contributed by atoms with van der Waals surface area (Å²) in [6.07, 6.45) is 1.04. The zero-order valence-corrected chi connectivity index (χ0v) is 16.4. The fraction of sp³-hybridized carbons (Fsp3) is 0.318. The molecule has 0 atom stereocenters. The van der Waals surface area contributed by atoms with Gasteiger partial charge in [0.2, 0.25) is 0 Å². The Labute approximate surface area is 165 Å². The van der Waals surface area contributed by atoms with Crippen molar-refractivity contribution in [2.24, 2.45) is 0 Å². The second-order valence-corrected chi connectivity index (χ2v) is 7.70. The summed E-state index contributed by atoms with van der Waals surface area (Å²) in [6.45, 7) is 7.18. The van der Waals surface area contributed by atoms with Crippen molar-refractivity contribution in [1.82, 2.24) is 9.88 Å². The maximum Gasteiger partial charge on any atom is 0.0740 e. The SMILES string of the molecule is Cc1ccc2c(N3CCN(CCc4cccc(N)c4)CC3)cc(Cl)cc2n1. The zero-order chi connectivity index (χ0) is 18.8. The van der Waals surface area contributed by atoms with Crippen LogP contribution in [0.2, 0.25) is 5.02 Å². The molecule has 0 saturated carbocycles. The fourth-order valence-electron chi connectivity index (χ4n) is 3.79. The molecule has 1 aliphatic rings. The molecule has 0 aliphatic carbocycles. The number of aryl methyl sites for hydroxylation is 1. The monoisotopic (exact) mass is 380 g/mol. The van der Waals surface area contributed by atoms with Gasteiger partial charge >= 0.3 is 0 Å². The zero-order valence-electron chi connectivity index (χ0n) is 15.7. The lowest BCUT2D eigenvalue weighted by atomic mass is 10.1. The van der Waals surface area contributed by atoms with Crippen molar-refractivity contribution in [3.8, 4) is 0 Å². The highest BCUT2D eigenvalue weighted by Gasteiger charge is 2.19. The van der Waals surface area contributed by atoms with Crippen LogP contribution in [-0.4, -0.2) is 42.6 Å². The summed E-state index contributed by atoms with van der Waals surface area (Å²) < 4.78 is 0. The van der Waals surface area contributed by atoms with Crippen LogP contribution in [0.1, 0.15) is 11.3 Å². The van der Waals surface area contributed by atoms with Crippen molar-refractivity contribution in [2.45, 2.75) is 13.3 Å². The number of benzene rings is 2. The molecule has 140 valence electrons. The second kappa shape index (κ2) is 7.75. The van der Waals surface area contributed by atoms with E-state index in [4.69, 9.17) is 17.3 Å². The van der Waals surface area contributed by atoms with Gasteiger partial charge in [-0.3, -0.25) is 9.88 Å². The van der Waals surface area contributed by atoms with Gasteiger partial charge in [-0.2, -0.15) is 0 Å². The van der Waals surface area contributed by atoms with Crippen LogP contribution in [0, 0.1) is 6.92 Å². The Hall–Kier alpha value is -2.30. The number of pyridine rings is 1. The average molecular weight is 381 g/mol. The molecule has 1 fully saturated rings. The predicted octanol–water partition coefficient (Wildman–Crippen LogP) is 4.14. The lowest BCUT2D eigenvalue weighted by molar-refractivity contribution is 0.261. The van der Waals surface area contributed by atoms with Gasteiger partial charge < -0.3 is 10.6 Å². The number of fused-ring (bicyclic) bond motifs is 1. The molecule has 2 aromatic carbocycles. The molecule has 1 saturated heterocycles. The summed E-state index contributed by atoms with van der Waals surface area (Å²) in [5.74, 6) is 0. The summed E-state index contributed by atoms with van der Waals surface area (Å²) in [5.41, 5.74) is 11.2. The molecule has 0 spiro atoms. The number of piperazine rings is 1. The minimum absolute atomic E-state index is 0.750. The van der Waals surface area contributed by atoms with Crippen LogP contribution in [-0.2, 0) is 6.42 Å². The molecule has 4 nitrogen and oxygen atoms in total. The number of halogens is 1. The van der Waals surface area contributed by atoms with E-state index in [9.17, 15) is 0 Å². The van der Waals surface area contributed by atoms with Crippen molar-refractivity contribution in [2.75, 3.05) is 43.4 Å². The lowest BCUT2D eigenvalue weighted by Gasteiger charge is -2.36. The van der Waals surface area contributed by atoms with Crippen molar-refractivity contribution < 1.29 is 0 Å². The third kappa shape index (κ3) is 4.18. The highest BCUT2D eigenvalue weighted by atomic mass is 35.5. The average Bonchev–Trinajstić information content (AvgIpc) is 2.66. The van der Waals surface area contributed by atoms with E-state index < -0.39 is 0 Å². The maximum absolute atomic E-state index is 6.37. The molecule has 0 bridgehead atoms. The van der Waals surface area contributed by atoms with Crippen molar-refractivity contribution in [1.29, 1.82) is 0 Å². The predicted molar refractivity (Wildman–Crippen MR) is 115 cm³/mol. The van der Waals surface area contributed by atoms with Gasteiger partial charge in [0.25, 0.3) is 0 Å². The van der Waals surface area contributed by atoms with Gasteiger partial charge in [-0.1, -0.05) is 23.7 Å². The molecule has 1 aliphatic heterocycles. The smallest absolute Gasteiger partial charge is 0.0740 e. The van der Waals surface area contributed by atoms with Gasteiger partial charge in [-0.05, 0) is 55.3 Å². The molecule has 2 heterocycles. The molecule has 27 heavy (non-hydrogen) atoms. The van der Waals surface area contributed by atoms with E-state index in [1.165, 1.54) is 16.6 Å². The first kappa shape index (κ1) is 18.1. The second-order valence-electron chi connectivity index (χ2n) is 7.27. The standard InChI is InChI=1S/C22H25ClN4/c1-16-5-6-20-21(25-16)14-18(23)15-22(20)27-11-9-26(10-12-27)8-7-17-3-2-4-19(24)13-17/h2-6,13-15H,7-12,24H2,1H3. The molecule has 5 heteroatoms. The summed E-state index contributed by atoms with van der Waals surface area (Å²) in [7, 11) is 0. The summed E-state index contributed by atoms with van der Waals surface area (Å²) >= 11 is 6.37. The van der Waals surface area contributed by atoms with Crippen LogP contribution >= 0.6 is 11.6 Å². The van der Waals surface area contributed by atoms with Crippen LogP contribution in [0.3, 0.4) is 0 Å². The van der Waals surface area contributed by atoms with Crippen LogP contribution in [0.4, 0.5) is 11.4 Å². The van der Waals surface area contributed by atoms with Gasteiger partial charge in [-0.15, -0.1) is 0 Å². The number of nitrogens with zero attached hydrogens (tertiary/aromatic N) is 3.